The number of anilines is 2. The molecule has 5 rings (SSSR count). The first kappa shape index (κ1) is 74.9. The maximum Gasteiger partial charge on any atom is 0.409 e. The van der Waals surface area contributed by atoms with Crippen LogP contribution in [0.2, 0.25) is 10.0 Å². The number of epoxide rings is 1. The standard InChI is InChI=1S/C62H86Br2Cl2N8O16/c1-33(2)51(69-40(32-75)17-14-22-60(6,7)90-57(81)38(30-63)31-64)54(78)71-43(18-15-23-68-58(67)82)53(77)70-39-20-21-41(42(65)27-39)55(79)73(9)36(5)56(80)88-48-28-49(76)74(10)44-25-37(26-45(85-11)50(44)66)24-34(3)16-13-19-47(86-12)62(84)29-46(87-59(83)72-62)35(4)52-61(48,8)89-52/h13,16,19-21,25-27,32-33,35-36,38,40,43,46-48,51-52,69,84H,14-15,17-18,22-24,28-31H2,1-12H3,(H,70,77)(H,71,78)(H,72,83)(H3,67,68,82)/b19-13+,34-16+/t35-,36+,40?,43+,46+,47-,48+,51+,52+,61+,62+/m1/s1. The largest absolute Gasteiger partial charge is 0.495 e. The Labute approximate surface area is 552 Å². The number of nitrogens with zero attached hydrogens (tertiary/aromatic N) is 2. The maximum absolute atomic E-state index is 14.5. The molecule has 0 aliphatic carbocycles. The van der Waals surface area contributed by atoms with Crippen molar-refractivity contribution in [3.63, 3.8) is 0 Å². The first-order chi connectivity index (χ1) is 42.3. The minimum absolute atomic E-state index is 0.0266. The highest BCUT2D eigenvalue weighted by atomic mass is 79.9. The molecule has 2 aromatic rings. The molecule has 1 unspecified atom stereocenters. The number of nitrogens with two attached hydrogens (primary N) is 1. The van der Waals surface area contributed by atoms with Crippen LogP contribution in [0.5, 0.6) is 5.75 Å². The number of urea groups is 1. The van der Waals surface area contributed by atoms with Crippen LogP contribution in [0.1, 0.15) is 116 Å². The fourth-order valence-electron chi connectivity index (χ4n) is 10.7. The summed E-state index contributed by atoms with van der Waals surface area (Å²) < 4.78 is 35.3. The topological polar surface area (TPSA) is 325 Å². The molecule has 4 bridgehead atoms. The van der Waals surface area contributed by atoms with E-state index >= 15 is 0 Å². The number of alkyl carbamates (subject to hydrolysis) is 1. The number of carbonyl (C=O) groups excluding carboxylic acids is 9. The number of aldehydes is 1. The third-order valence-electron chi connectivity index (χ3n) is 16.4. The van der Waals surface area contributed by atoms with Crippen LogP contribution in [-0.2, 0) is 58.9 Å². The van der Waals surface area contributed by atoms with Crippen LogP contribution >= 0.6 is 55.1 Å². The van der Waals surface area contributed by atoms with E-state index < -0.39 is 120 Å². The second-order valence-corrected chi connectivity index (χ2v) is 26.3. The Morgan fingerprint density at radius 3 is 2.32 bits per heavy atom. The molecule has 3 aliphatic rings. The van der Waals surface area contributed by atoms with E-state index in [1.54, 1.807) is 65.8 Å². The van der Waals surface area contributed by atoms with Gasteiger partial charge < -0.3 is 69.8 Å². The highest BCUT2D eigenvalue weighted by Gasteiger charge is 2.64. The molecule has 0 saturated carbocycles. The van der Waals surface area contributed by atoms with Gasteiger partial charge in [-0.25, -0.2) is 14.4 Å². The Balaban J connectivity index is 1.34. The van der Waals surface area contributed by atoms with Crippen molar-refractivity contribution in [2.45, 2.75) is 172 Å². The van der Waals surface area contributed by atoms with E-state index in [0.717, 1.165) is 16.0 Å². The van der Waals surface area contributed by atoms with Gasteiger partial charge in [0.15, 0.2) is 5.72 Å². The zero-order valence-electron chi connectivity index (χ0n) is 52.9. The fourth-order valence-corrected chi connectivity index (χ4v) is 12.9. The number of alkyl halides is 2. The van der Waals surface area contributed by atoms with Gasteiger partial charge in [-0.1, -0.05) is 99.6 Å². The van der Waals surface area contributed by atoms with Crippen LogP contribution in [0.25, 0.3) is 0 Å². The van der Waals surface area contributed by atoms with Gasteiger partial charge in [0, 0.05) is 56.4 Å². The minimum atomic E-state index is -1.93. The second kappa shape index (κ2) is 33.1. The monoisotopic (exact) mass is 1430 g/mol. The Kier molecular flexibility index (Phi) is 27.5. The lowest BCUT2D eigenvalue weighted by Crippen LogP contribution is -2.63. The zero-order valence-corrected chi connectivity index (χ0v) is 57.6. The maximum atomic E-state index is 14.5. The number of ether oxygens (including phenoxy) is 6. The summed E-state index contributed by atoms with van der Waals surface area (Å²) in [5, 5.41) is 26.4. The molecular formula is C62H86Br2Cl2N8O16. The van der Waals surface area contributed by atoms with Gasteiger partial charge in [0.1, 0.15) is 58.7 Å². The van der Waals surface area contributed by atoms with E-state index in [1.807, 2.05) is 13.0 Å². The van der Waals surface area contributed by atoms with Gasteiger partial charge in [-0.05, 0) is 115 Å². The molecule has 0 spiro atoms. The van der Waals surface area contributed by atoms with E-state index in [1.165, 1.54) is 58.3 Å². The van der Waals surface area contributed by atoms with Crippen molar-refractivity contribution in [2.24, 2.45) is 23.5 Å². The summed E-state index contributed by atoms with van der Waals surface area (Å²) in [6.07, 6.45) is 2.04. The SMILES string of the molecule is COc1cc2cc(c1Cl)N(C)C(=O)C[C@H](OC(=O)[C@H](C)N(C)C(=O)c1ccc(NC(=O)[C@H](CCCNC(N)=O)NC(=O)[C@@H](NC(C=O)CCCC(C)(C)OC(=O)C(CBr)CBr)C(C)C)cc1Cl)[C@]1(C)O[C@H]1[C@H](C)[C@@H]1C[C@@](O)(NC(=O)O1)[C@H](OC)/C=C/C=C(\C)C2. The highest BCUT2D eigenvalue weighted by molar-refractivity contribution is 9.09. The number of halogens is 4. The number of primary amides is 1. The van der Waals surface area contributed by atoms with Crippen LogP contribution in [-0.4, -0.2) is 175 Å². The van der Waals surface area contributed by atoms with Crippen molar-refractivity contribution >= 4 is 120 Å². The van der Waals surface area contributed by atoms with E-state index in [0.29, 0.717) is 54.1 Å². The van der Waals surface area contributed by atoms with Crippen molar-refractivity contribution in [1.29, 1.82) is 0 Å². The Morgan fingerprint density at radius 2 is 1.71 bits per heavy atom. The van der Waals surface area contributed by atoms with Crippen molar-refractivity contribution < 1.29 is 76.7 Å². The molecule has 90 heavy (non-hydrogen) atoms. The van der Waals surface area contributed by atoms with Crippen LogP contribution in [0.4, 0.5) is 21.0 Å². The molecule has 0 aromatic heterocycles. The molecule has 2 fully saturated rings. The summed E-state index contributed by atoms with van der Waals surface area (Å²) >= 11 is 20.3. The number of fused-ring (bicyclic) bond motifs is 5. The summed E-state index contributed by atoms with van der Waals surface area (Å²) in [6, 6.07) is 2.53. The molecular weight excluding hydrogens is 1340 g/mol. The third-order valence-corrected chi connectivity index (χ3v) is 18.7. The number of esters is 2. The van der Waals surface area contributed by atoms with Crippen molar-refractivity contribution in [1.82, 2.24) is 26.2 Å². The fraction of sp³-hybridized carbons (Fsp3) is 0.597. The van der Waals surface area contributed by atoms with Crippen LogP contribution in [0.3, 0.4) is 0 Å². The number of amides is 7. The molecule has 3 aliphatic heterocycles. The molecule has 7 amide bonds. The predicted molar refractivity (Wildman–Crippen MR) is 346 cm³/mol. The van der Waals surface area contributed by atoms with E-state index in [9.17, 15) is 48.3 Å². The number of rotatable bonds is 26. The van der Waals surface area contributed by atoms with E-state index in [2.05, 4.69) is 58.4 Å². The van der Waals surface area contributed by atoms with Gasteiger partial charge in [0.05, 0.1) is 53.9 Å². The lowest BCUT2D eigenvalue weighted by molar-refractivity contribution is -0.161. The molecule has 11 atom stereocenters. The Morgan fingerprint density at radius 1 is 1.02 bits per heavy atom. The summed E-state index contributed by atoms with van der Waals surface area (Å²) in [5.41, 5.74) is 3.09. The number of hydrogen-bond donors (Lipinski definition) is 7. The van der Waals surface area contributed by atoms with Gasteiger partial charge in [-0.15, -0.1) is 0 Å². The van der Waals surface area contributed by atoms with Crippen molar-refractivity contribution in [2.75, 3.05) is 55.7 Å². The lowest BCUT2D eigenvalue weighted by Gasteiger charge is -2.42. The predicted octanol–water partition coefficient (Wildman–Crippen LogP) is 7.43. The average Bonchev–Trinajstić information content (AvgIpc) is 1.57. The minimum Gasteiger partial charge on any atom is -0.495 e. The number of hydrogen-bond acceptors (Lipinski definition) is 17. The average molecular weight is 1430 g/mol. The van der Waals surface area contributed by atoms with E-state index in [-0.39, 0.29) is 64.9 Å². The summed E-state index contributed by atoms with van der Waals surface area (Å²) in [6.45, 7) is 13.9. The summed E-state index contributed by atoms with van der Waals surface area (Å²) in [5.74, 6) is -4.93. The van der Waals surface area contributed by atoms with Crippen LogP contribution in [0.15, 0.2) is 54.1 Å². The zero-order chi connectivity index (χ0) is 67.2. The first-order valence-corrected chi connectivity index (χ1v) is 32.6. The molecule has 2 saturated heterocycles. The highest BCUT2D eigenvalue weighted by Crippen LogP contribution is 2.49. The molecule has 498 valence electrons. The smallest absolute Gasteiger partial charge is 0.409 e. The number of carbonyl (C=O) groups is 9. The van der Waals surface area contributed by atoms with Crippen LogP contribution < -0.4 is 42.0 Å². The number of methoxy groups -OCH3 is 2. The van der Waals surface area contributed by atoms with Gasteiger partial charge in [0.25, 0.3) is 5.91 Å². The number of nitrogens with one attached hydrogen (secondary N) is 5. The molecule has 28 heteroatoms. The third kappa shape index (κ3) is 19.8. The van der Waals surface area contributed by atoms with Crippen molar-refractivity contribution in [3.8, 4) is 5.75 Å². The number of benzene rings is 2. The van der Waals surface area contributed by atoms with Gasteiger partial charge >= 0.3 is 24.1 Å². The first-order valence-electron chi connectivity index (χ1n) is 29.6. The summed E-state index contributed by atoms with van der Waals surface area (Å²) in [4.78, 5) is 123. The Hall–Kier alpha value is -5.87. The molecule has 24 nitrogen and oxygen atoms in total. The van der Waals surface area contributed by atoms with E-state index in [4.69, 9.17) is 57.4 Å². The number of allylic oxidation sites excluding steroid dienone is 3. The quantitative estimate of drug-likeness (QED) is 0.0120. The number of likely N-dealkylation sites (N-methyl/N-ethyl adjacent to an activating group) is 1. The van der Waals surface area contributed by atoms with Crippen LogP contribution in [0, 0.1) is 17.8 Å². The number of aliphatic hydroxyl groups is 1. The van der Waals surface area contributed by atoms with Gasteiger partial charge in [-0.2, -0.15) is 0 Å². The van der Waals surface area contributed by atoms with Crippen molar-refractivity contribution in [3.05, 3.63) is 75.3 Å². The molecule has 8 N–H and O–H groups in total. The van der Waals surface area contributed by atoms with Gasteiger partial charge in [0.2, 0.25) is 17.7 Å². The molecule has 0 radical (unpaired) electrons. The molecule has 3 heterocycles. The normalized spacial score (nSPS) is 24.3. The Bertz CT molecular complexity index is 3010. The summed E-state index contributed by atoms with van der Waals surface area (Å²) in [7, 11) is 5.71. The lowest BCUT2D eigenvalue weighted by atomic mass is 9.83. The van der Waals surface area contributed by atoms with Gasteiger partial charge in [-0.3, -0.25) is 34.6 Å². The second-order valence-electron chi connectivity index (χ2n) is 24.2. The molecule has 2 aromatic carbocycles.